The van der Waals surface area contributed by atoms with Gasteiger partial charge >= 0.3 is 0 Å². The van der Waals surface area contributed by atoms with Crippen molar-refractivity contribution in [3.8, 4) is 0 Å². The molecule has 102 valence electrons. The van der Waals surface area contributed by atoms with Gasteiger partial charge in [0.25, 0.3) is 0 Å². The summed E-state index contributed by atoms with van der Waals surface area (Å²) < 4.78 is 50.3. The van der Waals surface area contributed by atoms with Gasteiger partial charge < -0.3 is 0 Å². The van der Waals surface area contributed by atoms with Gasteiger partial charge in [-0.25, -0.2) is 17.6 Å². The minimum atomic E-state index is -0.829. The Morgan fingerprint density at radius 3 is 1.79 bits per heavy atom. The van der Waals surface area contributed by atoms with Crippen molar-refractivity contribution < 1.29 is 17.6 Å². The summed E-state index contributed by atoms with van der Waals surface area (Å²) in [5.41, 5.74) is 0.312. The largest absolute Gasteiger partial charge is 0.204 e. The lowest BCUT2D eigenvalue weighted by molar-refractivity contribution is 0.502. The molecule has 0 bridgehead atoms. The lowest BCUT2D eigenvalue weighted by Crippen LogP contribution is -1.87. The highest BCUT2D eigenvalue weighted by Gasteiger charge is 2.04. The maximum Gasteiger partial charge on any atom is 0.161 e. The van der Waals surface area contributed by atoms with E-state index in [2.05, 4.69) is 31.9 Å². The first kappa shape index (κ1) is 16.2. The Bertz CT molecular complexity index is 562. The number of halogens is 6. The van der Waals surface area contributed by atoms with Crippen molar-refractivity contribution in [2.75, 3.05) is 0 Å². The third-order valence-corrected chi connectivity index (χ3v) is 3.01. The molecule has 0 N–H and O–H groups in total. The Labute approximate surface area is 124 Å². The van der Waals surface area contributed by atoms with Gasteiger partial charge in [0.2, 0.25) is 0 Å². The van der Waals surface area contributed by atoms with Crippen LogP contribution in [0.25, 0.3) is 0 Å². The Morgan fingerprint density at radius 1 is 0.737 bits per heavy atom. The van der Waals surface area contributed by atoms with Crippen LogP contribution in [-0.2, 0) is 0 Å². The van der Waals surface area contributed by atoms with E-state index in [0.717, 1.165) is 18.2 Å². The zero-order chi connectivity index (χ0) is 14.6. The average Bonchev–Trinajstić information content (AvgIpc) is 2.32. The molecule has 0 radical (unpaired) electrons. The quantitative estimate of drug-likeness (QED) is 0.390. The summed E-state index contributed by atoms with van der Waals surface area (Å²) in [6, 6.07) is 6.22. The number of hydrogen-bond acceptors (Lipinski definition) is 0. The molecule has 0 atom stereocenters. The van der Waals surface area contributed by atoms with E-state index < -0.39 is 23.3 Å². The molecule has 0 spiro atoms. The molecule has 0 unspecified atom stereocenters. The second-order valence-corrected chi connectivity index (χ2v) is 5.41. The van der Waals surface area contributed by atoms with Crippen molar-refractivity contribution >= 4 is 31.9 Å². The number of rotatable bonds is 0. The van der Waals surface area contributed by atoms with E-state index in [1.54, 1.807) is 0 Å². The lowest BCUT2D eigenvalue weighted by atomic mass is 10.2. The molecule has 0 aliphatic rings. The number of hydrogen-bond donors (Lipinski definition) is 0. The monoisotopic (exact) mass is 398 g/mol. The van der Waals surface area contributed by atoms with Gasteiger partial charge in [-0.3, -0.25) is 0 Å². The second-order valence-electron chi connectivity index (χ2n) is 3.58. The second kappa shape index (κ2) is 7.05. The van der Waals surface area contributed by atoms with E-state index in [1.165, 1.54) is 19.1 Å². The first-order chi connectivity index (χ1) is 8.81. The van der Waals surface area contributed by atoms with Crippen LogP contribution in [-0.4, -0.2) is 0 Å². The minimum Gasteiger partial charge on any atom is -0.204 e. The molecule has 0 aromatic heterocycles. The Hall–Kier alpha value is -0.880. The van der Waals surface area contributed by atoms with Crippen LogP contribution in [0.2, 0.25) is 0 Å². The van der Waals surface area contributed by atoms with E-state index in [0.29, 0.717) is 14.5 Å². The highest BCUT2D eigenvalue weighted by Crippen LogP contribution is 2.17. The molecule has 0 aliphatic carbocycles. The van der Waals surface area contributed by atoms with Crippen molar-refractivity contribution in [3.63, 3.8) is 0 Å². The predicted octanol–water partition coefficient (Wildman–Crippen LogP) is 5.76. The normalized spacial score (nSPS) is 9.84. The molecule has 0 fully saturated rings. The maximum absolute atomic E-state index is 12.5. The first-order valence-electron chi connectivity index (χ1n) is 5.03. The maximum atomic E-state index is 12.5. The molecule has 0 nitrogen and oxygen atoms in total. The Kier molecular flexibility index (Phi) is 6.00. The van der Waals surface area contributed by atoms with E-state index in [-0.39, 0.29) is 0 Å². The molecule has 2 aromatic rings. The van der Waals surface area contributed by atoms with Crippen LogP contribution >= 0.6 is 31.9 Å². The SMILES string of the molecule is Cc1cc(Br)cc(F)c1F.Fc1ccc(Br)cc1F. The topological polar surface area (TPSA) is 0 Å². The van der Waals surface area contributed by atoms with Crippen LogP contribution in [0.5, 0.6) is 0 Å². The third kappa shape index (κ3) is 4.95. The summed E-state index contributed by atoms with van der Waals surface area (Å²) >= 11 is 6.03. The summed E-state index contributed by atoms with van der Waals surface area (Å²) in [5.74, 6) is -3.24. The molecule has 0 amide bonds. The summed E-state index contributed by atoms with van der Waals surface area (Å²) in [6.07, 6.45) is 0. The van der Waals surface area contributed by atoms with Gasteiger partial charge in [0.15, 0.2) is 23.3 Å². The van der Waals surface area contributed by atoms with E-state index in [9.17, 15) is 17.6 Å². The molecular formula is C13H8Br2F4. The van der Waals surface area contributed by atoms with Crippen LogP contribution in [0.3, 0.4) is 0 Å². The number of aryl methyl sites for hydroxylation is 1. The summed E-state index contributed by atoms with van der Waals surface area (Å²) in [5, 5.41) is 0. The Morgan fingerprint density at radius 2 is 1.32 bits per heavy atom. The lowest BCUT2D eigenvalue weighted by Gasteiger charge is -1.97. The molecule has 0 saturated heterocycles. The molecule has 0 saturated carbocycles. The van der Waals surface area contributed by atoms with Gasteiger partial charge in [0.05, 0.1) is 0 Å². The number of benzene rings is 2. The minimum absolute atomic E-state index is 0.312. The first-order valence-corrected chi connectivity index (χ1v) is 6.61. The van der Waals surface area contributed by atoms with Crippen molar-refractivity contribution in [1.29, 1.82) is 0 Å². The van der Waals surface area contributed by atoms with E-state index in [1.807, 2.05) is 0 Å². The highest BCUT2D eigenvalue weighted by atomic mass is 79.9. The molecule has 2 aromatic carbocycles. The van der Waals surface area contributed by atoms with Crippen LogP contribution in [0.1, 0.15) is 5.56 Å². The smallest absolute Gasteiger partial charge is 0.161 e. The van der Waals surface area contributed by atoms with Gasteiger partial charge in [-0.2, -0.15) is 0 Å². The molecular weight excluding hydrogens is 392 g/mol. The molecule has 2 rings (SSSR count). The van der Waals surface area contributed by atoms with Crippen LogP contribution in [0.15, 0.2) is 39.3 Å². The van der Waals surface area contributed by atoms with Gasteiger partial charge in [-0.15, -0.1) is 0 Å². The average molecular weight is 400 g/mol. The zero-order valence-electron chi connectivity index (χ0n) is 9.65. The standard InChI is InChI=1S/C7H5BrF2.C6H3BrF2/c1-4-2-5(8)3-6(9)7(4)10;7-4-1-2-5(8)6(9)3-4/h2-3H,1H3;1-3H. The molecule has 0 aliphatic heterocycles. The molecule has 6 heteroatoms. The third-order valence-electron chi connectivity index (χ3n) is 2.06. The molecule has 19 heavy (non-hydrogen) atoms. The van der Waals surface area contributed by atoms with E-state index in [4.69, 9.17) is 0 Å². The fraction of sp³-hybridized carbons (Fsp3) is 0.0769. The van der Waals surface area contributed by atoms with Crippen LogP contribution in [0, 0.1) is 30.2 Å². The van der Waals surface area contributed by atoms with Gasteiger partial charge in [0, 0.05) is 8.95 Å². The van der Waals surface area contributed by atoms with Crippen molar-refractivity contribution in [2.24, 2.45) is 0 Å². The van der Waals surface area contributed by atoms with Gasteiger partial charge in [-0.1, -0.05) is 31.9 Å². The van der Waals surface area contributed by atoms with Gasteiger partial charge in [-0.05, 0) is 42.8 Å². The predicted molar refractivity (Wildman–Crippen MR) is 72.9 cm³/mol. The Balaban J connectivity index is 0.000000191. The molecule has 0 heterocycles. The summed E-state index contributed by atoms with van der Waals surface area (Å²) in [4.78, 5) is 0. The highest BCUT2D eigenvalue weighted by molar-refractivity contribution is 9.10. The van der Waals surface area contributed by atoms with Crippen molar-refractivity contribution in [1.82, 2.24) is 0 Å². The van der Waals surface area contributed by atoms with E-state index >= 15 is 0 Å². The van der Waals surface area contributed by atoms with Crippen LogP contribution < -0.4 is 0 Å². The fourth-order valence-electron chi connectivity index (χ4n) is 1.16. The summed E-state index contributed by atoms with van der Waals surface area (Å²) in [7, 11) is 0. The van der Waals surface area contributed by atoms with Crippen LogP contribution in [0.4, 0.5) is 17.6 Å². The fourth-order valence-corrected chi connectivity index (χ4v) is 2.03. The van der Waals surface area contributed by atoms with Gasteiger partial charge in [0.1, 0.15) is 0 Å². The zero-order valence-corrected chi connectivity index (χ0v) is 12.8. The summed E-state index contributed by atoms with van der Waals surface area (Å²) in [6.45, 7) is 1.52. The van der Waals surface area contributed by atoms with Crippen molar-refractivity contribution in [2.45, 2.75) is 6.92 Å². The van der Waals surface area contributed by atoms with Crippen molar-refractivity contribution in [3.05, 3.63) is 68.1 Å².